The molecule has 1 aromatic heterocycles. The second-order valence-corrected chi connectivity index (χ2v) is 9.98. The SMILES string of the molecule is COc1ccc(-c2noc(C3CCCN(S(=O)(=O)c4cc(Cl)ccc4C)C3)n2)cc1OC. The number of hydrogen-bond donors (Lipinski definition) is 0. The molecule has 2 heterocycles. The van der Waals surface area contributed by atoms with Gasteiger partial charge in [0, 0.05) is 23.7 Å². The molecule has 1 saturated heterocycles. The zero-order chi connectivity index (χ0) is 22.9. The second-order valence-electron chi connectivity index (χ2n) is 7.64. The number of benzene rings is 2. The molecule has 1 aliphatic rings. The van der Waals surface area contributed by atoms with Gasteiger partial charge in [0.2, 0.25) is 21.7 Å². The van der Waals surface area contributed by atoms with E-state index in [1.165, 1.54) is 10.4 Å². The van der Waals surface area contributed by atoms with Crippen LogP contribution in [0.15, 0.2) is 45.8 Å². The van der Waals surface area contributed by atoms with E-state index in [2.05, 4.69) is 10.1 Å². The van der Waals surface area contributed by atoms with Gasteiger partial charge < -0.3 is 14.0 Å². The van der Waals surface area contributed by atoms with Gasteiger partial charge in [0.25, 0.3) is 0 Å². The van der Waals surface area contributed by atoms with E-state index in [1.807, 2.05) is 6.07 Å². The minimum absolute atomic E-state index is 0.195. The van der Waals surface area contributed by atoms with Gasteiger partial charge in [0.1, 0.15) is 0 Å². The van der Waals surface area contributed by atoms with Crippen LogP contribution in [-0.2, 0) is 10.0 Å². The largest absolute Gasteiger partial charge is 0.493 e. The summed E-state index contributed by atoms with van der Waals surface area (Å²) in [6.07, 6.45) is 1.45. The first-order valence-corrected chi connectivity index (χ1v) is 12.0. The van der Waals surface area contributed by atoms with Crippen LogP contribution in [0.25, 0.3) is 11.4 Å². The van der Waals surface area contributed by atoms with E-state index >= 15 is 0 Å². The van der Waals surface area contributed by atoms with Crippen molar-refractivity contribution in [2.24, 2.45) is 0 Å². The summed E-state index contributed by atoms with van der Waals surface area (Å²) in [5.74, 6) is 1.79. The van der Waals surface area contributed by atoms with Crippen LogP contribution < -0.4 is 9.47 Å². The number of sulfonamides is 1. The molecule has 32 heavy (non-hydrogen) atoms. The van der Waals surface area contributed by atoms with Crippen LogP contribution in [0, 0.1) is 6.92 Å². The molecule has 0 spiro atoms. The van der Waals surface area contributed by atoms with Gasteiger partial charge >= 0.3 is 0 Å². The standard InChI is InChI=1S/C22H24ClN3O5S/c1-14-6-8-17(23)12-20(14)32(27,28)26-10-4-5-16(13-26)22-24-21(25-31-22)15-7-9-18(29-2)19(11-15)30-3/h6-9,11-12,16H,4-5,10,13H2,1-3H3. The highest BCUT2D eigenvalue weighted by Crippen LogP contribution is 2.34. The van der Waals surface area contributed by atoms with E-state index in [-0.39, 0.29) is 17.4 Å². The number of rotatable bonds is 6. The summed E-state index contributed by atoms with van der Waals surface area (Å²) in [5.41, 5.74) is 1.37. The van der Waals surface area contributed by atoms with E-state index in [4.69, 9.17) is 25.6 Å². The molecule has 1 atom stereocenters. The molecule has 4 rings (SSSR count). The van der Waals surface area contributed by atoms with E-state index < -0.39 is 10.0 Å². The van der Waals surface area contributed by atoms with Crippen molar-refractivity contribution in [3.8, 4) is 22.9 Å². The van der Waals surface area contributed by atoms with Crippen LogP contribution >= 0.6 is 11.6 Å². The first kappa shape index (κ1) is 22.6. The highest BCUT2D eigenvalue weighted by Gasteiger charge is 2.34. The lowest BCUT2D eigenvalue weighted by Crippen LogP contribution is -2.39. The third-order valence-corrected chi connectivity index (χ3v) is 7.83. The van der Waals surface area contributed by atoms with Crippen LogP contribution in [0.3, 0.4) is 0 Å². The topological polar surface area (TPSA) is 94.8 Å². The first-order chi connectivity index (χ1) is 15.3. The maximum absolute atomic E-state index is 13.3. The Balaban J connectivity index is 1.57. The lowest BCUT2D eigenvalue weighted by molar-refractivity contribution is 0.265. The maximum Gasteiger partial charge on any atom is 0.243 e. The molecule has 1 fully saturated rings. The minimum Gasteiger partial charge on any atom is -0.493 e. The normalized spacial score (nSPS) is 17.3. The molecule has 1 unspecified atom stereocenters. The second kappa shape index (κ2) is 9.09. The van der Waals surface area contributed by atoms with E-state index in [1.54, 1.807) is 45.4 Å². The van der Waals surface area contributed by atoms with Gasteiger partial charge in [0.15, 0.2) is 11.5 Å². The van der Waals surface area contributed by atoms with Gasteiger partial charge in [-0.1, -0.05) is 22.8 Å². The summed E-state index contributed by atoms with van der Waals surface area (Å²) in [4.78, 5) is 4.76. The molecular weight excluding hydrogens is 454 g/mol. The van der Waals surface area contributed by atoms with Crippen molar-refractivity contribution >= 4 is 21.6 Å². The third kappa shape index (κ3) is 4.32. The highest BCUT2D eigenvalue weighted by atomic mass is 35.5. The summed E-state index contributed by atoms with van der Waals surface area (Å²) in [7, 11) is -0.565. The molecule has 10 heteroatoms. The molecule has 0 bridgehead atoms. The van der Waals surface area contributed by atoms with Gasteiger partial charge in [-0.25, -0.2) is 8.42 Å². The quantitative estimate of drug-likeness (QED) is 0.522. The van der Waals surface area contributed by atoms with Crippen molar-refractivity contribution in [2.45, 2.75) is 30.6 Å². The Hall–Kier alpha value is -2.62. The Bertz CT molecular complexity index is 1230. The molecule has 170 valence electrons. The summed E-state index contributed by atoms with van der Waals surface area (Å²) >= 11 is 6.05. The van der Waals surface area contributed by atoms with Crippen molar-refractivity contribution in [1.29, 1.82) is 0 Å². The number of aromatic nitrogens is 2. The number of halogens is 1. The summed E-state index contributed by atoms with van der Waals surface area (Å²) in [6, 6.07) is 10.2. The molecule has 3 aromatic rings. The number of aryl methyl sites for hydroxylation is 1. The lowest BCUT2D eigenvalue weighted by atomic mass is 10.00. The molecule has 8 nitrogen and oxygen atoms in total. The maximum atomic E-state index is 13.3. The van der Waals surface area contributed by atoms with Crippen LogP contribution in [0.4, 0.5) is 0 Å². The van der Waals surface area contributed by atoms with Gasteiger partial charge in [-0.2, -0.15) is 9.29 Å². The smallest absolute Gasteiger partial charge is 0.243 e. The molecule has 0 aliphatic carbocycles. The summed E-state index contributed by atoms with van der Waals surface area (Å²) < 4.78 is 44.1. The average molecular weight is 478 g/mol. The van der Waals surface area contributed by atoms with Crippen molar-refractivity contribution in [2.75, 3.05) is 27.3 Å². The fourth-order valence-electron chi connectivity index (χ4n) is 3.85. The number of methoxy groups -OCH3 is 2. The Morgan fingerprint density at radius 2 is 1.91 bits per heavy atom. The van der Waals surface area contributed by atoms with Gasteiger partial charge in [-0.05, 0) is 55.7 Å². The minimum atomic E-state index is -3.69. The zero-order valence-corrected chi connectivity index (χ0v) is 19.6. The fraction of sp³-hybridized carbons (Fsp3) is 0.364. The molecule has 0 N–H and O–H groups in total. The monoisotopic (exact) mass is 477 g/mol. The van der Waals surface area contributed by atoms with Crippen LogP contribution in [0.2, 0.25) is 5.02 Å². The third-order valence-electron chi connectivity index (χ3n) is 5.58. The molecule has 0 radical (unpaired) electrons. The predicted molar refractivity (Wildman–Crippen MR) is 120 cm³/mol. The molecule has 0 saturated carbocycles. The van der Waals surface area contributed by atoms with E-state index in [0.29, 0.717) is 52.3 Å². The average Bonchev–Trinajstić information content (AvgIpc) is 3.30. The molecular formula is C22H24ClN3O5S. The molecule has 0 amide bonds. The Morgan fingerprint density at radius 1 is 1.12 bits per heavy atom. The van der Waals surface area contributed by atoms with Crippen LogP contribution in [-0.4, -0.2) is 50.2 Å². The fourth-order valence-corrected chi connectivity index (χ4v) is 5.86. The van der Waals surface area contributed by atoms with Crippen molar-refractivity contribution < 1.29 is 22.4 Å². The first-order valence-electron chi connectivity index (χ1n) is 10.2. The number of piperidine rings is 1. The Kier molecular flexibility index (Phi) is 6.41. The Morgan fingerprint density at radius 3 is 2.66 bits per heavy atom. The highest BCUT2D eigenvalue weighted by molar-refractivity contribution is 7.89. The summed E-state index contributed by atoms with van der Waals surface area (Å²) in [5, 5.41) is 4.48. The number of nitrogens with zero attached hydrogens (tertiary/aromatic N) is 3. The van der Waals surface area contributed by atoms with Crippen LogP contribution in [0.1, 0.15) is 30.2 Å². The van der Waals surface area contributed by atoms with Gasteiger partial charge in [0.05, 0.1) is 25.0 Å². The molecule has 1 aliphatic heterocycles. The Labute approximate surface area is 192 Å². The lowest BCUT2D eigenvalue weighted by Gasteiger charge is -2.30. The van der Waals surface area contributed by atoms with Crippen molar-refractivity contribution in [1.82, 2.24) is 14.4 Å². The predicted octanol–water partition coefficient (Wildman–Crippen LogP) is 4.28. The number of ether oxygens (including phenoxy) is 2. The van der Waals surface area contributed by atoms with Crippen molar-refractivity contribution in [3.05, 3.63) is 52.9 Å². The summed E-state index contributed by atoms with van der Waals surface area (Å²) in [6.45, 7) is 2.46. The van der Waals surface area contributed by atoms with Gasteiger partial charge in [-0.3, -0.25) is 0 Å². The van der Waals surface area contributed by atoms with E-state index in [0.717, 1.165) is 6.42 Å². The molecule has 2 aromatic carbocycles. The van der Waals surface area contributed by atoms with Crippen molar-refractivity contribution in [3.63, 3.8) is 0 Å². The zero-order valence-electron chi connectivity index (χ0n) is 18.0. The van der Waals surface area contributed by atoms with Crippen LogP contribution in [0.5, 0.6) is 11.5 Å². The van der Waals surface area contributed by atoms with Gasteiger partial charge in [-0.15, -0.1) is 0 Å². The number of hydrogen-bond acceptors (Lipinski definition) is 7. The van der Waals surface area contributed by atoms with E-state index in [9.17, 15) is 8.42 Å².